The molecular formula is C15H18FNO2. The molecule has 3 rings (SSSR count). The number of hydrogen-bond donors (Lipinski definition) is 0. The first-order chi connectivity index (χ1) is 9.25. The zero-order valence-electron chi connectivity index (χ0n) is 10.8. The van der Waals surface area contributed by atoms with Gasteiger partial charge in [0.25, 0.3) is 5.91 Å². The average molecular weight is 263 g/mol. The van der Waals surface area contributed by atoms with Crippen molar-refractivity contribution >= 4 is 5.91 Å². The quantitative estimate of drug-likeness (QED) is 0.779. The van der Waals surface area contributed by atoms with E-state index >= 15 is 0 Å². The topological polar surface area (TPSA) is 29.5 Å². The Balaban J connectivity index is 1.79. The molecule has 102 valence electrons. The van der Waals surface area contributed by atoms with Crippen LogP contribution in [0.2, 0.25) is 0 Å². The molecule has 1 saturated heterocycles. The standard InChI is InChI=1S/C15H18FNO2/c16-12-7-5-11(6-8-12)15(18)17-9-10-19-14-4-2-1-3-13(14)17/h5-8,13-14H,1-4,9-10H2/t13-,14+/m0/s1. The molecular weight excluding hydrogens is 245 g/mol. The van der Waals surface area contributed by atoms with Crippen LogP contribution in [0.25, 0.3) is 0 Å². The molecule has 2 aliphatic rings. The number of fused-ring (bicyclic) bond motifs is 1. The van der Waals surface area contributed by atoms with E-state index in [0.717, 1.165) is 19.3 Å². The predicted octanol–water partition coefficient (Wildman–Crippen LogP) is 2.61. The number of benzene rings is 1. The minimum absolute atomic E-state index is 0.000185. The Labute approximate surface area is 112 Å². The minimum Gasteiger partial charge on any atom is -0.374 e. The highest BCUT2D eigenvalue weighted by molar-refractivity contribution is 5.94. The number of halogens is 1. The number of amides is 1. The Morgan fingerprint density at radius 1 is 1.21 bits per heavy atom. The predicted molar refractivity (Wildman–Crippen MR) is 69.4 cm³/mol. The monoisotopic (exact) mass is 263 g/mol. The van der Waals surface area contributed by atoms with Crippen LogP contribution < -0.4 is 0 Å². The molecule has 3 nitrogen and oxygen atoms in total. The van der Waals surface area contributed by atoms with E-state index in [4.69, 9.17) is 4.74 Å². The second-order valence-electron chi connectivity index (χ2n) is 5.27. The van der Waals surface area contributed by atoms with Crippen molar-refractivity contribution in [3.8, 4) is 0 Å². The first kappa shape index (κ1) is 12.6. The Bertz CT molecular complexity index is 458. The van der Waals surface area contributed by atoms with Crippen LogP contribution in [0, 0.1) is 5.82 Å². The van der Waals surface area contributed by atoms with Crippen LogP contribution in [-0.2, 0) is 4.74 Å². The van der Waals surface area contributed by atoms with Crippen molar-refractivity contribution < 1.29 is 13.9 Å². The third kappa shape index (κ3) is 2.50. The van der Waals surface area contributed by atoms with Crippen molar-refractivity contribution in [2.45, 2.75) is 37.8 Å². The van der Waals surface area contributed by atoms with Gasteiger partial charge in [-0.1, -0.05) is 12.8 Å². The number of carbonyl (C=O) groups excluding carboxylic acids is 1. The lowest BCUT2D eigenvalue weighted by atomic mass is 9.89. The highest BCUT2D eigenvalue weighted by Crippen LogP contribution is 2.29. The van der Waals surface area contributed by atoms with Crippen LogP contribution in [-0.4, -0.2) is 36.1 Å². The zero-order valence-corrected chi connectivity index (χ0v) is 10.8. The van der Waals surface area contributed by atoms with E-state index in [9.17, 15) is 9.18 Å². The van der Waals surface area contributed by atoms with Gasteiger partial charge < -0.3 is 9.64 Å². The molecule has 4 heteroatoms. The number of rotatable bonds is 1. The van der Waals surface area contributed by atoms with Crippen LogP contribution in [0.5, 0.6) is 0 Å². The highest BCUT2D eigenvalue weighted by Gasteiger charge is 2.36. The van der Waals surface area contributed by atoms with Gasteiger partial charge in [0.05, 0.1) is 18.8 Å². The summed E-state index contributed by atoms with van der Waals surface area (Å²) in [5, 5.41) is 0. The van der Waals surface area contributed by atoms with Crippen molar-refractivity contribution in [1.82, 2.24) is 4.90 Å². The Kier molecular flexibility index (Phi) is 3.51. The molecule has 1 heterocycles. The fourth-order valence-electron chi connectivity index (χ4n) is 3.11. The molecule has 19 heavy (non-hydrogen) atoms. The number of morpholine rings is 1. The first-order valence-electron chi connectivity index (χ1n) is 6.94. The second-order valence-corrected chi connectivity index (χ2v) is 5.27. The summed E-state index contributed by atoms with van der Waals surface area (Å²) in [4.78, 5) is 14.4. The number of ether oxygens (including phenoxy) is 1. The minimum atomic E-state index is -0.311. The van der Waals surface area contributed by atoms with Gasteiger partial charge in [-0.2, -0.15) is 0 Å². The molecule has 0 spiro atoms. The van der Waals surface area contributed by atoms with Crippen LogP contribution in [0.3, 0.4) is 0 Å². The smallest absolute Gasteiger partial charge is 0.254 e. The van der Waals surface area contributed by atoms with Gasteiger partial charge in [-0.15, -0.1) is 0 Å². The van der Waals surface area contributed by atoms with Crippen LogP contribution in [0.15, 0.2) is 24.3 Å². The summed E-state index contributed by atoms with van der Waals surface area (Å²) in [5.41, 5.74) is 0.563. The molecule has 1 aliphatic heterocycles. The molecule has 2 fully saturated rings. The molecule has 0 radical (unpaired) electrons. The third-order valence-corrected chi connectivity index (χ3v) is 4.08. The molecule has 1 saturated carbocycles. The highest BCUT2D eigenvalue weighted by atomic mass is 19.1. The summed E-state index contributed by atoms with van der Waals surface area (Å²) < 4.78 is 18.7. The van der Waals surface area contributed by atoms with Gasteiger partial charge in [-0.3, -0.25) is 4.79 Å². The van der Waals surface area contributed by atoms with E-state index < -0.39 is 0 Å². The lowest BCUT2D eigenvalue weighted by Gasteiger charge is -2.43. The van der Waals surface area contributed by atoms with Crippen LogP contribution in [0.4, 0.5) is 4.39 Å². The van der Waals surface area contributed by atoms with Gasteiger partial charge in [0.15, 0.2) is 0 Å². The SMILES string of the molecule is O=C(c1ccc(F)cc1)N1CCO[C@@H]2CCCC[C@@H]21. The van der Waals surface area contributed by atoms with Gasteiger partial charge in [0, 0.05) is 12.1 Å². The summed E-state index contributed by atoms with van der Waals surface area (Å²) >= 11 is 0. The lowest BCUT2D eigenvalue weighted by Crippen LogP contribution is -2.54. The van der Waals surface area contributed by atoms with Gasteiger partial charge in [0.1, 0.15) is 5.82 Å². The van der Waals surface area contributed by atoms with Crippen molar-refractivity contribution in [2.24, 2.45) is 0 Å². The van der Waals surface area contributed by atoms with Gasteiger partial charge >= 0.3 is 0 Å². The van der Waals surface area contributed by atoms with Crippen molar-refractivity contribution in [3.63, 3.8) is 0 Å². The van der Waals surface area contributed by atoms with Crippen molar-refractivity contribution in [1.29, 1.82) is 0 Å². The normalized spacial score (nSPS) is 26.9. The Hall–Kier alpha value is -1.42. The molecule has 0 aromatic heterocycles. The third-order valence-electron chi connectivity index (χ3n) is 4.08. The van der Waals surface area contributed by atoms with E-state index in [1.807, 2.05) is 4.90 Å². The maximum atomic E-state index is 12.9. The van der Waals surface area contributed by atoms with Gasteiger partial charge in [-0.05, 0) is 37.1 Å². The zero-order chi connectivity index (χ0) is 13.2. The summed E-state index contributed by atoms with van der Waals surface area (Å²) in [6, 6.07) is 5.99. The fraction of sp³-hybridized carbons (Fsp3) is 0.533. The molecule has 1 amide bonds. The largest absolute Gasteiger partial charge is 0.374 e. The first-order valence-corrected chi connectivity index (χ1v) is 6.94. The molecule has 0 N–H and O–H groups in total. The van der Waals surface area contributed by atoms with Crippen molar-refractivity contribution in [3.05, 3.63) is 35.6 Å². The van der Waals surface area contributed by atoms with E-state index in [0.29, 0.717) is 18.7 Å². The van der Waals surface area contributed by atoms with E-state index in [-0.39, 0.29) is 23.9 Å². The molecule has 1 aliphatic carbocycles. The number of hydrogen-bond acceptors (Lipinski definition) is 2. The van der Waals surface area contributed by atoms with Crippen LogP contribution >= 0.6 is 0 Å². The van der Waals surface area contributed by atoms with Gasteiger partial charge in [0.2, 0.25) is 0 Å². The second kappa shape index (κ2) is 5.29. The van der Waals surface area contributed by atoms with Crippen molar-refractivity contribution in [2.75, 3.05) is 13.2 Å². The molecule has 1 aromatic rings. The number of carbonyl (C=O) groups is 1. The molecule has 2 atom stereocenters. The van der Waals surface area contributed by atoms with Crippen LogP contribution in [0.1, 0.15) is 36.0 Å². The average Bonchev–Trinajstić information content (AvgIpc) is 2.47. The Morgan fingerprint density at radius 3 is 2.74 bits per heavy atom. The van der Waals surface area contributed by atoms with E-state index in [2.05, 4.69) is 0 Å². The number of nitrogens with zero attached hydrogens (tertiary/aromatic N) is 1. The van der Waals surface area contributed by atoms with Gasteiger partial charge in [-0.25, -0.2) is 4.39 Å². The van der Waals surface area contributed by atoms with E-state index in [1.165, 1.54) is 18.6 Å². The lowest BCUT2D eigenvalue weighted by molar-refractivity contribution is -0.0752. The fourth-order valence-corrected chi connectivity index (χ4v) is 3.11. The molecule has 0 unspecified atom stereocenters. The maximum absolute atomic E-state index is 12.9. The summed E-state index contributed by atoms with van der Waals surface area (Å²) in [6.45, 7) is 1.24. The molecule has 0 bridgehead atoms. The maximum Gasteiger partial charge on any atom is 0.254 e. The Morgan fingerprint density at radius 2 is 1.95 bits per heavy atom. The molecule has 1 aromatic carbocycles. The summed E-state index contributed by atoms with van der Waals surface area (Å²) in [5.74, 6) is -0.311. The van der Waals surface area contributed by atoms with E-state index in [1.54, 1.807) is 12.1 Å². The summed E-state index contributed by atoms with van der Waals surface area (Å²) in [6.07, 6.45) is 4.57. The summed E-state index contributed by atoms with van der Waals surface area (Å²) in [7, 11) is 0.